The van der Waals surface area contributed by atoms with E-state index in [0.29, 0.717) is 6.04 Å². The highest BCUT2D eigenvalue weighted by Gasteiger charge is 2.10. The number of aromatic nitrogens is 2. The molecular formula is C7H13N2O+. The molecule has 0 N–H and O–H groups in total. The second kappa shape index (κ2) is 2.73. The molecule has 0 amide bonds. The van der Waals surface area contributed by atoms with Crippen molar-refractivity contribution in [1.29, 1.82) is 0 Å². The zero-order valence-electron chi connectivity index (χ0n) is 6.61. The van der Waals surface area contributed by atoms with E-state index in [0.717, 1.165) is 0 Å². The Morgan fingerprint density at radius 2 is 2.20 bits per heavy atom. The Morgan fingerprint density at radius 1 is 1.50 bits per heavy atom. The Balaban J connectivity index is 2.90. The van der Waals surface area contributed by atoms with Gasteiger partial charge in [-0.15, -0.1) is 0 Å². The smallest absolute Gasteiger partial charge is 0.199 e. The summed E-state index contributed by atoms with van der Waals surface area (Å²) in [6.07, 6.45) is 3.86. The fraction of sp³-hybridized carbons (Fsp3) is 0.571. The van der Waals surface area contributed by atoms with Crippen LogP contribution in [0, 0.1) is 0 Å². The minimum absolute atomic E-state index is 0.440. The lowest BCUT2D eigenvalue weighted by molar-refractivity contribution is -0.813. The molecule has 0 spiro atoms. The molecule has 1 heterocycles. The molecule has 0 fully saturated rings. The van der Waals surface area contributed by atoms with Crippen molar-refractivity contribution < 1.29 is 9.52 Å². The van der Waals surface area contributed by atoms with Gasteiger partial charge >= 0.3 is 0 Å². The predicted octanol–water partition coefficient (Wildman–Crippen LogP) is 0.415. The molecule has 0 aromatic carbocycles. The zero-order chi connectivity index (χ0) is 7.56. The van der Waals surface area contributed by atoms with E-state index in [1.807, 2.05) is 23.1 Å². The van der Waals surface area contributed by atoms with E-state index >= 15 is 0 Å². The highest BCUT2D eigenvalue weighted by Crippen LogP contribution is 1.89. The van der Waals surface area contributed by atoms with Gasteiger partial charge in [-0.05, 0) is 13.8 Å². The molecule has 1 rings (SSSR count). The lowest BCUT2D eigenvalue weighted by atomic mass is 10.4. The van der Waals surface area contributed by atoms with Crippen LogP contribution in [0.1, 0.15) is 19.9 Å². The van der Waals surface area contributed by atoms with Crippen LogP contribution < -0.4 is 9.52 Å². The zero-order valence-corrected chi connectivity index (χ0v) is 6.61. The maximum atomic E-state index is 5.03. The SMILES string of the molecule is COn1ccc[n+]1C(C)C. The van der Waals surface area contributed by atoms with Gasteiger partial charge in [0, 0.05) is 10.9 Å². The molecule has 3 nitrogen and oxygen atoms in total. The molecule has 0 radical (unpaired) electrons. The third-order valence-electron chi connectivity index (χ3n) is 1.40. The van der Waals surface area contributed by atoms with E-state index in [4.69, 9.17) is 4.84 Å². The number of hydrogen-bond acceptors (Lipinski definition) is 1. The Morgan fingerprint density at radius 3 is 2.60 bits per heavy atom. The van der Waals surface area contributed by atoms with E-state index in [1.165, 1.54) is 0 Å². The van der Waals surface area contributed by atoms with Crippen molar-refractivity contribution in [3.05, 3.63) is 18.5 Å². The number of hydrogen-bond donors (Lipinski definition) is 0. The van der Waals surface area contributed by atoms with E-state index in [2.05, 4.69) is 13.8 Å². The first-order valence-corrected chi connectivity index (χ1v) is 3.39. The molecule has 10 heavy (non-hydrogen) atoms. The molecule has 1 aromatic heterocycles. The lowest BCUT2D eigenvalue weighted by Gasteiger charge is -2.01. The summed E-state index contributed by atoms with van der Waals surface area (Å²) in [6.45, 7) is 4.21. The topological polar surface area (TPSA) is 18.0 Å². The molecule has 0 aliphatic carbocycles. The van der Waals surface area contributed by atoms with Gasteiger partial charge in [0.15, 0.2) is 12.2 Å². The van der Waals surface area contributed by atoms with Gasteiger partial charge in [-0.3, -0.25) is 0 Å². The van der Waals surface area contributed by atoms with E-state index in [9.17, 15) is 0 Å². The maximum Gasteiger partial charge on any atom is 0.199 e. The van der Waals surface area contributed by atoms with Crippen LogP contribution in [-0.4, -0.2) is 12.0 Å². The summed E-state index contributed by atoms with van der Waals surface area (Å²) < 4.78 is 2.00. The van der Waals surface area contributed by atoms with Gasteiger partial charge in [-0.1, -0.05) is 4.68 Å². The normalized spacial score (nSPS) is 10.4. The Bertz CT molecular complexity index is 205. The van der Waals surface area contributed by atoms with Gasteiger partial charge in [-0.25, -0.2) is 0 Å². The average molecular weight is 141 g/mol. The summed E-state index contributed by atoms with van der Waals surface area (Å²) in [6, 6.07) is 2.39. The molecule has 0 aliphatic heterocycles. The van der Waals surface area contributed by atoms with E-state index in [-0.39, 0.29) is 0 Å². The number of nitrogens with zero attached hydrogens (tertiary/aromatic N) is 2. The largest absolute Gasteiger partial charge is 0.372 e. The Labute approximate surface area is 60.8 Å². The molecule has 0 aliphatic rings. The molecule has 56 valence electrons. The van der Waals surface area contributed by atoms with Gasteiger partial charge in [0.05, 0.1) is 0 Å². The standard InChI is InChI=1S/C7H13N2O/c1-7(2)8-5-4-6-9(8)10-3/h4-7H,1-3H3/q+1. The molecule has 1 aromatic rings. The van der Waals surface area contributed by atoms with Gasteiger partial charge < -0.3 is 4.84 Å². The fourth-order valence-electron chi connectivity index (χ4n) is 0.898. The molecule has 0 saturated heterocycles. The first-order valence-electron chi connectivity index (χ1n) is 3.39. The number of rotatable bonds is 2. The highest BCUT2D eigenvalue weighted by molar-refractivity contribution is 4.69. The lowest BCUT2D eigenvalue weighted by Crippen LogP contribution is -2.46. The predicted molar refractivity (Wildman–Crippen MR) is 37.5 cm³/mol. The van der Waals surface area contributed by atoms with Crippen LogP contribution in [0.25, 0.3) is 0 Å². The summed E-state index contributed by atoms with van der Waals surface area (Å²) in [4.78, 5) is 6.73. The van der Waals surface area contributed by atoms with Crippen LogP contribution in [0.4, 0.5) is 0 Å². The fourth-order valence-corrected chi connectivity index (χ4v) is 0.898. The van der Waals surface area contributed by atoms with Crippen molar-refractivity contribution in [2.45, 2.75) is 19.9 Å². The van der Waals surface area contributed by atoms with Crippen LogP contribution in [0.3, 0.4) is 0 Å². The maximum absolute atomic E-state index is 5.03. The third-order valence-corrected chi connectivity index (χ3v) is 1.40. The first-order chi connectivity index (χ1) is 4.75. The Kier molecular flexibility index (Phi) is 1.94. The van der Waals surface area contributed by atoms with E-state index < -0.39 is 0 Å². The second-order valence-electron chi connectivity index (χ2n) is 2.45. The van der Waals surface area contributed by atoms with Crippen LogP contribution in [-0.2, 0) is 0 Å². The summed E-state index contributed by atoms with van der Waals surface area (Å²) in [7, 11) is 1.65. The summed E-state index contributed by atoms with van der Waals surface area (Å²) in [5.74, 6) is 0. The summed E-state index contributed by atoms with van der Waals surface area (Å²) in [5, 5.41) is 0. The highest BCUT2D eigenvalue weighted by atomic mass is 16.7. The third kappa shape index (κ3) is 1.12. The van der Waals surface area contributed by atoms with Crippen LogP contribution >= 0.6 is 0 Å². The van der Waals surface area contributed by atoms with Crippen LogP contribution in [0.15, 0.2) is 18.5 Å². The monoisotopic (exact) mass is 141 g/mol. The molecule has 0 saturated carbocycles. The molecule has 0 bridgehead atoms. The molecule has 0 atom stereocenters. The molecule has 0 unspecified atom stereocenters. The van der Waals surface area contributed by atoms with Crippen LogP contribution in [0.2, 0.25) is 0 Å². The van der Waals surface area contributed by atoms with Gasteiger partial charge in [-0.2, -0.15) is 0 Å². The van der Waals surface area contributed by atoms with Crippen molar-refractivity contribution in [2.24, 2.45) is 0 Å². The first kappa shape index (κ1) is 7.12. The van der Waals surface area contributed by atoms with Crippen molar-refractivity contribution in [1.82, 2.24) is 4.85 Å². The van der Waals surface area contributed by atoms with Gasteiger partial charge in [0.25, 0.3) is 0 Å². The van der Waals surface area contributed by atoms with Crippen LogP contribution in [0.5, 0.6) is 0 Å². The quantitative estimate of drug-likeness (QED) is 0.546. The summed E-state index contributed by atoms with van der Waals surface area (Å²) >= 11 is 0. The Hall–Kier alpha value is -0.990. The average Bonchev–Trinajstić information content (AvgIpc) is 2.33. The van der Waals surface area contributed by atoms with E-state index in [1.54, 1.807) is 12.0 Å². The summed E-state index contributed by atoms with van der Waals surface area (Å²) in [5.41, 5.74) is 0. The minimum Gasteiger partial charge on any atom is -0.372 e. The van der Waals surface area contributed by atoms with Gasteiger partial charge in [0.1, 0.15) is 13.3 Å². The molecular weight excluding hydrogens is 128 g/mol. The van der Waals surface area contributed by atoms with Gasteiger partial charge in [0.2, 0.25) is 0 Å². The van der Waals surface area contributed by atoms with Crippen molar-refractivity contribution in [3.8, 4) is 0 Å². The van der Waals surface area contributed by atoms with Crippen molar-refractivity contribution >= 4 is 0 Å². The van der Waals surface area contributed by atoms with Crippen molar-refractivity contribution in [2.75, 3.05) is 7.11 Å². The minimum atomic E-state index is 0.440. The van der Waals surface area contributed by atoms with Crippen molar-refractivity contribution in [3.63, 3.8) is 0 Å². The molecule has 3 heteroatoms. The second-order valence-corrected chi connectivity index (χ2v) is 2.45.